The lowest BCUT2D eigenvalue weighted by Crippen LogP contribution is -2.57. The average molecular weight is 282 g/mol. The molecule has 3 heteroatoms. The van der Waals surface area contributed by atoms with Gasteiger partial charge >= 0.3 is 0 Å². The average Bonchev–Trinajstić information content (AvgIpc) is 2.86. The molecule has 1 heterocycles. The van der Waals surface area contributed by atoms with Crippen LogP contribution in [0.2, 0.25) is 0 Å². The van der Waals surface area contributed by atoms with E-state index in [4.69, 9.17) is 0 Å². The zero-order chi connectivity index (χ0) is 14.6. The molecule has 4 unspecified atom stereocenters. The third-order valence-corrected chi connectivity index (χ3v) is 5.61. The monoisotopic (exact) mass is 282 g/mol. The van der Waals surface area contributed by atoms with Crippen molar-refractivity contribution < 1.29 is 5.11 Å². The summed E-state index contributed by atoms with van der Waals surface area (Å²) in [5, 5.41) is 13.6. The predicted molar refractivity (Wildman–Crippen MR) is 85.0 cm³/mol. The molecule has 0 aromatic heterocycles. The number of rotatable bonds is 6. The van der Waals surface area contributed by atoms with E-state index in [0.717, 1.165) is 37.9 Å². The highest BCUT2D eigenvalue weighted by Gasteiger charge is 2.42. The molecule has 0 spiro atoms. The summed E-state index contributed by atoms with van der Waals surface area (Å²) < 4.78 is 0. The van der Waals surface area contributed by atoms with Crippen LogP contribution in [-0.4, -0.2) is 46.8 Å². The Hall–Kier alpha value is -0.120. The van der Waals surface area contributed by atoms with Crippen molar-refractivity contribution in [2.24, 2.45) is 0 Å². The van der Waals surface area contributed by atoms with Gasteiger partial charge in [0, 0.05) is 23.7 Å². The van der Waals surface area contributed by atoms with Crippen LogP contribution in [0.3, 0.4) is 0 Å². The maximum absolute atomic E-state index is 9.94. The maximum atomic E-state index is 9.94. The van der Waals surface area contributed by atoms with Gasteiger partial charge in [-0.25, -0.2) is 0 Å². The molecule has 1 saturated heterocycles. The van der Waals surface area contributed by atoms with Crippen molar-refractivity contribution in [2.75, 3.05) is 13.2 Å². The van der Waals surface area contributed by atoms with Crippen LogP contribution < -0.4 is 5.32 Å². The molecule has 0 bridgehead atoms. The van der Waals surface area contributed by atoms with Crippen LogP contribution in [-0.2, 0) is 0 Å². The van der Waals surface area contributed by atoms with E-state index in [1.165, 1.54) is 32.1 Å². The van der Waals surface area contributed by atoms with Crippen LogP contribution in [0.4, 0.5) is 0 Å². The van der Waals surface area contributed by atoms with E-state index in [1.54, 1.807) is 0 Å². The lowest BCUT2D eigenvalue weighted by molar-refractivity contribution is 0.0374. The van der Waals surface area contributed by atoms with Gasteiger partial charge in [-0.2, -0.15) is 0 Å². The Labute approximate surface area is 125 Å². The Morgan fingerprint density at radius 1 is 1.25 bits per heavy atom. The van der Waals surface area contributed by atoms with Gasteiger partial charge in [-0.15, -0.1) is 0 Å². The Morgan fingerprint density at radius 3 is 2.70 bits per heavy atom. The topological polar surface area (TPSA) is 35.5 Å². The fourth-order valence-electron chi connectivity index (χ4n) is 4.50. The van der Waals surface area contributed by atoms with Crippen molar-refractivity contribution in [3.8, 4) is 0 Å². The van der Waals surface area contributed by atoms with Crippen LogP contribution in [0.5, 0.6) is 0 Å². The van der Waals surface area contributed by atoms with Gasteiger partial charge in [0.25, 0.3) is 0 Å². The minimum Gasteiger partial charge on any atom is -0.394 e. The molecular formula is C17H34N2O. The smallest absolute Gasteiger partial charge is 0.0613 e. The largest absolute Gasteiger partial charge is 0.394 e. The summed E-state index contributed by atoms with van der Waals surface area (Å²) in [7, 11) is 0. The quantitative estimate of drug-likeness (QED) is 0.786. The van der Waals surface area contributed by atoms with Gasteiger partial charge in [0.05, 0.1) is 6.61 Å². The molecule has 1 aliphatic heterocycles. The van der Waals surface area contributed by atoms with Gasteiger partial charge in [0.2, 0.25) is 0 Å². The van der Waals surface area contributed by atoms with Crippen LogP contribution in [0.15, 0.2) is 0 Å². The molecule has 0 aromatic carbocycles. The summed E-state index contributed by atoms with van der Waals surface area (Å²) in [4.78, 5) is 2.79. The Balaban J connectivity index is 2.04. The molecular weight excluding hydrogens is 248 g/mol. The second-order valence-corrected chi connectivity index (χ2v) is 7.05. The first-order valence-electron chi connectivity index (χ1n) is 8.79. The molecule has 20 heavy (non-hydrogen) atoms. The number of nitrogens with one attached hydrogen (secondary N) is 1. The van der Waals surface area contributed by atoms with E-state index in [1.807, 2.05) is 0 Å². The first kappa shape index (κ1) is 16.3. The molecule has 2 rings (SSSR count). The minimum atomic E-state index is -0.0144. The van der Waals surface area contributed by atoms with Crippen molar-refractivity contribution in [1.29, 1.82) is 0 Å². The fourth-order valence-corrected chi connectivity index (χ4v) is 4.50. The fraction of sp³-hybridized carbons (Fsp3) is 1.00. The first-order chi connectivity index (χ1) is 9.65. The summed E-state index contributed by atoms with van der Waals surface area (Å²) in [6, 6.07) is 2.17. The molecule has 0 radical (unpaired) electrons. The van der Waals surface area contributed by atoms with Gasteiger partial charge in [-0.3, -0.25) is 4.90 Å². The zero-order valence-corrected chi connectivity index (χ0v) is 13.7. The molecule has 2 N–H and O–H groups in total. The molecule has 1 saturated carbocycles. The Bertz CT molecular complexity index is 297. The highest BCUT2D eigenvalue weighted by atomic mass is 16.3. The van der Waals surface area contributed by atoms with Crippen molar-refractivity contribution >= 4 is 0 Å². The van der Waals surface area contributed by atoms with Crippen LogP contribution >= 0.6 is 0 Å². The second-order valence-electron chi connectivity index (χ2n) is 7.05. The normalized spacial score (nSPS) is 39.3. The second kappa shape index (κ2) is 7.24. The van der Waals surface area contributed by atoms with Crippen molar-refractivity contribution in [1.82, 2.24) is 10.2 Å². The zero-order valence-electron chi connectivity index (χ0n) is 13.7. The minimum absolute atomic E-state index is 0.0144. The number of hydrogen-bond acceptors (Lipinski definition) is 3. The molecule has 4 atom stereocenters. The molecule has 1 aliphatic carbocycles. The Morgan fingerprint density at radius 2 is 2.05 bits per heavy atom. The third kappa shape index (κ3) is 3.37. The van der Waals surface area contributed by atoms with Crippen LogP contribution in [0, 0.1) is 0 Å². The van der Waals surface area contributed by atoms with E-state index < -0.39 is 0 Å². The highest BCUT2D eigenvalue weighted by molar-refractivity contribution is 5.00. The van der Waals surface area contributed by atoms with E-state index in [-0.39, 0.29) is 5.54 Å². The molecule has 2 aliphatic rings. The summed E-state index contributed by atoms with van der Waals surface area (Å²) in [5.41, 5.74) is -0.0144. The lowest BCUT2D eigenvalue weighted by Gasteiger charge is -2.46. The molecule has 0 aromatic rings. The summed E-state index contributed by atoms with van der Waals surface area (Å²) in [6.07, 6.45) is 9.97. The number of aliphatic hydroxyl groups excluding tert-OH is 1. The van der Waals surface area contributed by atoms with Crippen LogP contribution in [0.25, 0.3) is 0 Å². The molecule has 3 nitrogen and oxygen atoms in total. The number of likely N-dealkylation sites (tertiary alicyclic amines) is 1. The molecule has 0 amide bonds. The van der Waals surface area contributed by atoms with Gasteiger partial charge in [0.15, 0.2) is 0 Å². The summed E-state index contributed by atoms with van der Waals surface area (Å²) in [5.74, 6) is 0. The number of nitrogens with zero attached hydrogens (tertiary/aromatic N) is 1. The van der Waals surface area contributed by atoms with Gasteiger partial charge < -0.3 is 10.4 Å². The number of aliphatic hydroxyl groups is 1. The lowest BCUT2D eigenvalue weighted by atomic mass is 9.78. The highest BCUT2D eigenvalue weighted by Crippen LogP contribution is 2.37. The Kier molecular flexibility index (Phi) is 5.88. The van der Waals surface area contributed by atoms with Gasteiger partial charge in [-0.05, 0) is 64.8 Å². The maximum Gasteiger partial charge on any atom is 0.0613 e. The van der Waals surface area contributed by atoms with E-state index in [0.29, 0.717) is 12.6 Å². The van der Waals surface area contributed by atoms with Crippen molar-refractivity contribution in [3.05, 3.63) is 0 Å². The van der Waals surface area contributed by atoms with E-state index in [9.17, 15) is 5.11 Å². The standard InChI is InChI=1S/C17H34N2O/c1-4-11-18-17(13-20)10-6-7-16(12-17)19-14(3)8-9-15(19)5-2/h14-16,18,20H,4-13H2,1-3H3. The SMILES string of the molecule is CCCNC1(CO)CCCC(N2C(C)CCC2CC)C1. The van der Waals surface area contributed by atoms with Crippen molar-refractivity contribution in [2.45, 2.75) is 95.8 Å². The van der Waals surface area contributed by atoms with Crippen molar-refractivity contribution in [3.63, 3.8) is 0 Å². The van der Waals surface area contributed by atoms with Crippen LogP contribution in [0.1, 0.15) is 72.1 Å². The first-order valence-corrected chi connectivity index (χ1v) is 8.79. The summed E-state index contributed by atoms with van der Waals surface area (Å²) >= 11 is 0. The third-order valence-electron chi connectivity index (χ3n) is 5.61. The predicted octanol–water partition coefficient (Wildman–Crippen LogP) is 2.92. The van der Waals surface area contributed by atoms with E-state index in [2.05, 4.69) is 31.0 Å². The number of hydrogen-bond donors (Lipinski definition) is 2. The van der Waals surface area contributed by atoms with Gasteiger partial charge in [-0.1, -0.05) is 13.8 Å². The van der Waals surface area contributed by atoms with Gasteiger partial charge in [0.1, 0.15) is 0 Å². The summed E-state index contributed by atoms with van der Waals surface area (Å²) in [6.45, 7) is 8.24. The van der Waals surface area contributed by atoms with E-state index >= 15 is 0 Å². The molecule has 118 valence electrons. The molecule has 2 fully saturated rings.